The molecule has 0 aliphatic carbocycles. The fraction of sp³-hybridized carbons (Fsp3) is 0.308. The van der Waals surface area contributed by atoms with Crippen LogP contribution in [0.2, 0.25) is 0 Å². The molecule has 34 heavy (non-hydrogen) atoms. The van der Waals surface area contributed by atoms with Crippen molar-refractivity contribution in [2.24, 2.45) is 12.1 Å². The third-order valence-corrected chi connectivity index (χ3v) is 6.57. The Labute approximate surface area is 197 Å². The molecule has 1 atom stereocenters. The van der Waals surface area contributed by atoms with E-state index >= 15 is 0 Å². The van der Waals surface area contributed by atoms with Crippen LogP contribution in [-0.2, 0) is 20.1 Å². The molecule has 0 N–H and O–H groups in total. The van der Waals surface area contributed by atoms with Crippen molar-refractivity contribution in [1.29, 1.82) is 0 Å². The van der Waals surface area contributed by atoms with Gasteiger partial charge in [0.2, 0.25) is 5.95 Å². The summed E-state index contributed by atoms with van der Waals surface area (Å²) in [7, 11) is 1.66. The fourth-order valence-corrected chi connectivity index (χ4v) is 4.37. The lowest BCUT2D eigenvalue weighted by molar-refractivity contribution is 0.626. The van der Waals surface area contributed by atoms with Gasteiger partial charge in [0.1, 0.15) is 0 Å². The molecule has 0 saturated carbocycles. The van der Waals surface area contributed by atoms with Crippen molar-refractivity contribution in [1.82, 2.24) is 18.7 Å². The van der Waals surface area contributed by atoms with Crippen molar-refractivity contribution in [2.75, 3.05) is 5.01 Å². The van der Waals surface area contributed by atoms with Crippen molar-refractivity contribution in [2.45, 2.75) is 46.8 Å². The molecule has 0 unspecified atom stereocenters. The van der Waals surface area contributed by atoms with Gasteiger partial charge < -0.3 is 0 Å². The SMILES string of the molecule is CC1=NN(Cc2ccc(C)cc2)c2nc3c(c(=O)n(Cc4ccc(C)cc4)c(=O)n3C)n2[C@@H]1C. The molecule has 4 aromatic rings. The highest BCUT2D eigenvalue weighted by molar-refractivity contribution is 5.91. The average Bonchev–Trinajstić information content (AvgIpc) is 3.23. The number of anilines is 1. The Balaban J connectivity index is 1.67. The number of fused-ring (bicyclic) bond motifs is 3. The maximum Gasteiger partial charge on any atom is 0.332 e. The number of hydrogen-bond acceptors (Lipinski definition) is 5. The molecule has 2 aromatic heterocycles. The van der Waals surface area contributed by atoms with E-state index in [1.54, 1.807) is 7.05 Å². The zero-order valence-corrected chi connectivity index (χ0v) is 20.1. The fourth-order valence-electron chi connectivity index (χ4n) is 4.37. The number of rotatable bonds is 4. The molecule has 0 spiro atoms. The van der Waals surface area contributed by atoms with E-state index in [2.05, 4.69) is 31.2 Å². The molecule has 2 aromatic carbocycles. The van der Waals surface area contributed by atoms with Crippen LogP contribution in [0.15, 0.2) is 63.2 Å². The minimum atomic E-state index is -0.385. The summed E-state index contributed by atoms with van der Waals surface area (Å²) in [5.74, 6) is 0.564. The van der Waals surface area contributed by atoms with Gasteiger partial charge in [-0.2, -0.15) is 10.1 Å². The van der Waals surface area contributed by atoms with Crippen molar-refractivity contribution in [3.05, 3.63) is 91.6 Å². The topological polar surface area (TPSA) is 77.4 Å². The number of hydrogen-bond donors (Lipinski definition) is 0. The molecule has 1 aliphatic heterocycles. The first-order valence-corrected chi connectivity index (χ1v) is 11.4. The Bertz CT molecular complexity index is 1540. The van der Waals surface area contributed by atoms with Gasteiger partial charge in [0, 0.05) is 7.05 Å². The molecule has 0 radical (unpaired) electrons. The summed E-state index contributed by atoms with van der Waals surface area (Å²) in [6, 6.07) is 15.9. The molecule has 174 valence electrons. The molecule has 0 bridgehead atoms. The highest BCUT2D eigenvalue weighted by Crippen LogP contribution is 2.30. The van der Waals surface area contributed by atoms with Gasteiger partial charge in [0.15, 0.2) is 11.2 Å². The lowest BCUT2D eigenvalue weighted by Crippen LogP contribution is -2.40. The summed E-state index contributed by atoms with van der Waals surface area (Å²) in [5, 5.41) is 6.58. The zero-order valence-electron chi connectivity index (χ0n) is 20.1. The van der Waals surface area contributed by atoms with Gasteiger partial charge >= 0.3 is 5.69 Å². The maximum atomic E-state index is 13.7. The second kappa shape index (κ2) is 8.13. The van der Waals surface area contributed by atoms with E-state index in [1.807, 2.05) is 54.6 Å². The normalized spacial score (nSPS) is 15.5. The highest BCUT2D eigenvalue weighted by Gasteiger charge is 2.30. The van der Waals surface area contributed by atoms with Gasteiger partial charge in [-0.3, -0.25) is 18.5 Å². The minimum absolute atomic E-state index is 0.160. The molecule has 8 heteroatoms. The standard InChI is InChI=1S/C26H28N6O2/c1-16-6-10-20(11-7-16)14-30-24(33)22-23(29(5)26(30)34)27-25-31(28-18(3)19(4)32(22)25)15-21-12-8-17(2)9-13-21/h6-13,19H,14-15H2,1-5H3/t19-/m1/s1. The first-order valence-electron chi connectivity index (χ1n) is 11.4. The highest BCUT2D eigenvalue weighted by atomic mass is 16.2. The molecule has 0 amide bonds. The van der Waals surface area contributed by atoms with Crippen LogP contribution in [0.25, 0.3) is 11.2 Å². The first-order chi connectivity index (χ1) is 16.2. The van der Waals surface area contributed by atoms with E-state index in [-0.39, 0.29) is 23.8 Å². The Morgan fingerprint density at radius 2 is 1.41 bits per heavy atom. The third kappa shape index (κ3) is 3.55. The lowest BCUT2D eigenvalue weighted by atomic mass is 10.1. The van der Waals surface area contributed by atoms with Gasteiger partial charge in [0.25, 0.3) is 5.56 Å². The average molecular weight is 457 g/mol. The summed E-state index contributed by atoms with van der Waals surface area (Å²) in [6.07, 6.45) is 0. The number of imidazole rings is 1. The monoisotopic (exact) mass is 456 g/mol. The largest absolute Gasteiger partial charge is 0.332 e. The van der Waals surface area contributed by atoms with Gasteiger partial charge in [-0.05, 0) is 38.8 Å². The van der Waals surface area contributed by atoms with Crippen molar-refractivity contribution < 1.29 is 0 Å². The van der Waals surface area contributed by atoms with Gasteiger partial charge in [-0.25, -0.2) is 9.80 Å². The van der Waals surface area contributed by atoms with E-state index in [0.29, 0.717) is 23.7 Å². The number of hydrazone groups is 1. The van der Waals surface area contributed by atoms with E-state index in [1.165, 1.54) is 14.7 Å². The Kier molecular flexibility index (Phi) is 5.23. The van der Waals surface area contributed by atoms with Crippen LogP contribution in [0.4, 0.5) is 5.95 Å². The lowest BCUT2D eigenvalue weighted by Gasteiger charge is -2.29. The molecular formula is C26H28N6O2. The Hall–Kier alpha value is -3.94. The number of aryl methyl sites for hydroxylation is 3. The number of nitrogens with zero attached hydrogens (tertiary/aromatic N) is 6. The molecule has 0 saturated heterocycles. The van der Waals surface area contributed by atoms with Crippen LogP contribution < -0.4 is 16.3 Å². The van der Waals surface area contributed by atoms with Gasteiger partial charge in [-0.15, -0.1) is 0 Å². The molecule has 1 aliphatic rings. The zero-order chi connectivity index (χ0) is 24.1. The van der Waals surface area contributed by atoms with Crippen LogP contribution in [0.1, 0.15) is 42.1 Å². The summed E-state index contributed by atoms with van der Waals surface area (Å²) < 4.78 is 4.67. The number of benzene rings is 2. The molecule has 5 rings (SSSR count). The van der Waals surface area contributed by atoms with E-state index in [4.69, 9.17) is 10.1 Å². The predicted molar refractivity (Wildman–Crippen MR) is 135 cm³/mol. The molecule has 3 heterocycles. The van der Waals surface area contributed by atoms with E-state index in [0.717, 1.165) is 22.4 Å². The van der Waals surface area contributed by atoms with Crippen molar-refractivity contribution >= 4 is 22.8 Å². The van der Waals surface area contributed by atoms with Crippen molar-refractivity contribution in [3.8, 4) is 0 Å². The van der Waals surface area contributed by atoms with E-state index in [9.17, 15) is 9.59 Å². The van der Waals surface area contributed by atoms with E-state index < -0.39 is 0 Å². The van der Waals surface area contributed by atoms with Crippen LogP contribution in [0, 0.1) is 13.8 Å². The predicted octanol–water partition coefficient (Wildman–Crippen LogP) is 3.52. The summed E-state index contributed by atoms with van der Waals surface area (Å²) in [6.45, 7) is 8.73. The van der Waals surface area contributed by atoms with Crippen LogP contribution in [-0.4, -0.2) is 24.4 Å². The molecular weight excluding hydrogens is 428 g/mol. The molecule has 0 fully saturated rings. The Morgan fingerprint density at radius 1 is 0.853 bits per heavy atom. The van der Waals surface area contributed by atoms with Gasteiger partial charge in [-0.1, -0.05) is 59.7 Å². The van der Waals surface area contributed by atoms with Crippen LogP contribution in [0.3, 0.4) is 0 Å². The van der Waals surface area contributed by atoms with Crippen LogP contribution >= 0.6 is 0 Å². The summed E-state index contributed by atoms with van der Waals surface area (Å²) >= 11 is 0. The second-order valence-electron chi connectivity index (χ2n) is 9.13. The third-order valence-electron chi connectivity index (χ3n) is 6.57. The maximum absolute atomic E-state index is 13.7. The van der Waals surface area contributed by atoms with Crippen LogP contribution in [0.5, 0.6) is 0 Å². The smallest absolute Gasteiger partial charge is 0.294 e. The molecule has 8 nitrogen and oxygen atoms in total. The summed E-state index contributed by atoms with van der Waals surface area (Å²) in [4.78, 5) is 31.6. The minimum Gasteiger partial charge on any atom is -0.294 e. The quantitative estimate of drug-likeness (QED) is 0.471. The van der Waals surface area contributed by atoms with Gasteiger partial charge in [0.05, 0.1) is 24.8 Å². The number of aromatic nitrogens is 4. The summed E-state index contributed by atoms with van der Waals surface area (Å²) in [5.41, 5.74) is 5.23. The van der Waals surface area contributed by atoms with Crippen molar-refractivity contribution in [3.63, 3.8) is 0 Å². The Morgan fingerprint density at radius 3 is 2.00 bits per heavy atom. The second-order valence-corrected chi connectivity index (χ2v) is 9.13. The first kappa shape index (κ1) is 21.9.